The number of nitrogens with zero attached hydrogens (tertiary/aromatic N) is 2. The Morgan fingerprint density at radius 2 is 2.28 bits per heavy atom. The molecule has 0 spiro atoms. The minimum atomic E-state index is -0.674. The number of anilines is 1. The first-order valence-electron chi connectivity index (χ1n) is 5.30. The van der Waals surface area contributed by atoms with Crippen molar-refractivity contribution in [3.63, 3.8) is 0 Å². The molecule has 4 nitrogen and oxygen atoms in total. The fraction of sp³-hybridized carbons (Fsp3) is 0.333. The summed E-state index contributed by atoms with van der Waals surface area (Å²) in [5.41, 5.74) is 1.72. The fourth-order valence-corrected chi connectivity index (χ4v) is 3.04. The van der Waals surface area contributed by atoms with Crippen LogP contribution in [0.2, 0.25) is 5.02 Å². The van der Waals surface area contributed by atoms with E-state index < -0.39 is 6.10 Å². The Hall–Kier alpha value is -0.840. The molecule has 1 aliphatic rings. The van der Waals surface area contributed by atoms with Crippen molar-refractivity contribution in [1.82, 2.24) is 0 Å². The van der Waals surface area contributed by atoms with Crippen LogP contribution in [0.15, 0.2) is 12.1 Å². The number of aliphatic hydroxyl groups excluding tert-OH is 1. The number of benzene rings is 1. The van der Waals surface area contributed by atoms with Crippen molar-refractivity contribution < 1.29 is 9.90 Å². The molecule has 1 heterocycles. The highest BCUT2D eigenvalue weighted by Crippen LogP contribution is 2.36. The first kappa shape index (κ1) is 13.6. The highest BCUT2D eigenvalue weighted by molar-refractivity contribution is 14.1. The second kappa shape index (κ2) is 5.03. The Bertz CT molecular complexity index is 556. The summed E-state index contributed by atoms with van der Waals surface area (Å²) in [5.74, 6) is -0.134. The van der Waals surface area contributed by atoms with Crippen LogP contribution in [0.1, 0.15) is 17.5 Å². The first-order valence-corrected chi connectivity index (χ1v) is 6.93. The van der Waals surface area contributed by atoms with Gasteiger partial charge in [-0.15, -0.1) is 0 Å². The van der Waals surface area contributed by atoms with Gasteiger partial charge in [-0.3, -0.25) is 9.69 Å². The molecule has 1 N–H and O–H groups in total. The van der Waals surface area contributed by atoms with E-state index in [9.17, 15) is 9.90 Å². The molecule has 18 heavy (non-hydrogen) atoms. The van der Waals surface area contributed by atoms with E-state index in [4.69, 9.17) is 16.9 Å². The van der Waals surface area contributed by atoms with E-state index in [0.29, 0.717) is 21.8 Å². The Morgan fingerprint density at radius 3 is 2.78 bits per heavy atom. The Balaban J connectivity index is 2.50. The van der Waals surface area contributed by atoms with Gasteiger partial charge in [0.15, 0.2) is 0 Å². The second-order valence-corrected chi connectivity index (χ2v) is 5.75. The number of alkyl halides is 1. The lowest BCUT2D eigenvalue weighted by Gasteiger charge is -2.24. The van der Waals surface area contributed by atoms with E-state index in [1.165, 1.54) is 4.90 Å². The highest BCUT2D eigenvalue weighted by atomic mass is 127. The average Bonchev–Trinajstić information content (AvgIpc) is 2.58. The summed E-state index contributed by atoms with van der Waals surface area (Å²) < 4.78 is -0.308. The minimum absolute atomic E-state index is 0.116. The molecule has 0 aliphatic carbocycles. The first-order chi connectivity index (χ1) is 8.47. The third kappa shape index (κ3) is 2.09. The minimum Gasteiger partial charge on any atom is -0.390 e. The lowest BCUT2D eigenvalue weighted by atomic mass is 10.1. The normalized spacial score (nSPS) is 23.3. The summed E-state index contributed by atoms with van der Waals surface area (Å²) in [4.78, 5) is 13.4. The monoisotopic (exact) mass is 376 g/mol. The number of hydrogen-bond acceptors (Lipinski definition) is 3. The lowest BCUT2D eigenvalue weighted by Crippen LogP contribution is -2.32. The third-order valence-electron chi connectivity index (χ3n) is 2.95. The van der Waals surface area contributed by atoms with Gasteiger partial charge in [0.1, 0.15) is 10.1 Å². The van der Waals surface area contributed by atoms with Crippen LogP contribution in [0.4, 0.5) is 5.69 Å². The van der Waals surface area contributed by atoms with Crippen LogP contribution in [-0.4, -0.2) is 21.2 Å². The SMILES string of the molecule is Cc1c(N2C(=O)C[C@H](O)[C@@H]2I)ccc(C#N)c1Cl. The maximum absolute atomic E-state index is 11.9. The van der Waals surface area contributed by atoms with Gasteiger partial charge in [0, 0.05) is 5.69 Å². The summed E-state index contributed by atoms with van der Waals surface area (Å²) in [6.45, 7) is 1.76. The number of halogens is 2. The van der Waals surface area contributed by atoms with Crippen LogP contribution < -0.4 is 4.90 Å². The number of nitriles is 1. The van der Waals surface area contributed by atoms with E-state index in [1.807, 2.05) is 28.7 Å². The smallest absolute Gasteiger partial charge is 0.230 e. The molecular weight excluding hydrogens is 367 g/mol. The van der Waals surface area contributed by atoms with Gasteiger partial charge in [-0.1, -0.05) is 34.2 Å². The Morgan fingerprint density at radius 1 is 1.61 bits per heavy atom. The van der Waals surface area contributed by atoms with Gasteiger partial charge in [0.05, 0.1) is 23.1 Å². The number of rotatable bonds is 1. The summed E-state index contributed by atoms with van der Waals surface area (Å²) in [5, 5.41) is 18.9. The molecule has 0 unspecified atom stereocenters. The molecule has 1 aromatic rings. The predicted octanol–water partition coefficient (Wildman–Crippen LogP) is 2.38. The zero-order chi connectivity index (χ0) is 13.4. The highest BCUT2D eigenvalue weighted by Gasteiger charge is 2.38. The zero-order valence-electron chi connectivity index (χ0n) is 9.52. The molecule has 0 bridgehead atoms. The molecular formula is C12H10ClIN2O2. The van der Waals surface area contributed by atoms with Gasteiger partial charge in [-0.05, 0) is 24.6 Å². The molecule has 1 saturated heterocycles. The van der Waals surface area contributed by atoms with E-state index in [1.54, 1.807) is 19.1 Å². The van der Waals surface area contributed by atoms with Crippen molar-refractivity contribution >= 4 is 45.8 Å². The second-order valence-electron chi connectivity index (χ2n) is 4.09. The van der Waals surface area contributed by atoms with E-state index >= 15 is 0 Å². The quantitative estimate of drug-likeness (QED) is 0.465. The molecule has 1 aliphatic heterocycles. The van der Waals surface area contributed by atoms with Gasteiger partial charge >= 0.3 is 0 Å². The van der Waals surface area contributed by atoms with Gasteiger partial charge in [-0.2, -0.15) is 5.26 Å². The van der Waals surface area contributed by atoms with Crippen LogP contribution in [0.5, 0.6) is 0 Å². The van der Waals surface area contributed by atoms with Crippen LogP contribution in [0.3, 0.4) is 0 Å². The van der Waals surface area contributed by atoms with Gasteiger partial charge < -0.3 is 5.11 Å². The van der Waals surface area contributed by atoms with Crippen molar-refractivity contribution in [3.05, 3.63) is 28.3 Å². The van der Waals surface area contributed by atoms with E-state index in [0.717, 1.165) is 0 Å². The predicted molar refractivity (Wildman–Crippen MR) is 76.8 cm³/mol. The van der Waals surface area contributed by atoms with E-state index in [-0.39, 0.29) is 16.4 Å². The molecule has 0 saturated carbocycles. The van der Waals surface area contributed by atoms with Crippen molar-refractivity contribution in [1.29, 1.82) is 5.26 Å². The van der Waals surface area contributed by atoms with Crippen LogP contribution in [0, 0.1) is 18.3 Å². The molecule has 2 rings (SSSR count). The molecule has 1 fully saturated rings. The largest absolute Gasteiger partial charge is 0.390 e. The molecule has 1 amide bonds. The summed E-state index contributed by atoms with van der Waals surface area (Å²) in [7, 11) is 0. The number of carbonyl (C=O) groups is 1. The van der Waals surface area contributed by atoms with Crippen molar-refractivity contribution in [2.24, 2.45) is 0 Å². The van der Waals surface area contributed by atoms with Crippen LogP contribution in [-0.2, 0) is 4.79 Å². The fourth-order valence-electron chi connectivity index (χ4n) is 1.97. The Labute approximate surface area is 123 Å². The Kier molecular flexibility index (Phi) is 3.80. The summed E-state index contributed by atoms with van der Waals surface area (Å²) >= 11 is 8.12. The van der Waals surface area contributed by atoms with Gasteiger partial charge in [0.25, 0.3) is 0 Å². The van der Waals surface area contributed by atoms with E-state index in [2.05, 4.69) is 0 Å². The van der Waals surface area contributed by atoms with Crippen molar-refractivity contribution in [2.45, 2.75) is 23.5 Å². The number of carbonyl (C=O) groups excluding carboxylic acids is 1. The number of aliphatic hydroxyl groups is 1. The van der Waals surface area contributed by atoms with Gasteiger partial charge in [-0.25, -0.2) is 0 Å². The van der Waals surface area contributed by atoms with Gasteiger partial charge in [0.2, 0.25) is 5.91 Å². The average molecular weight is 377 g/mol. The lowest BCUT2D eigenvalue weighted by molar-refractivity contribution is -0.117. The standard InChI is InChI=1S/C12H10ClIN2O2/c1-6-8(3-2-7(5-15)11(6)13)16-10(18)4-9(17)12(16)14/h2-3,9,12,17H,4H2,1H3/t9-,12+/m0/s1. The number of hydrogen-bond donors (Lipinski definition) is 1. The van der Waals surface area contributed by atoms with Crippen LogP contribution in [0.25, 0.3) is 0 Å². The molecule has 2 atom stereocenters. The number of amides is 1. The molecule has 0 radical (unpaired) electrons. The zero-order valence-corrected chi connectivity index (χ0v) is 12.4. The maximum Gasteiger partial charge on any atom is 0.230 e. The summed E-state index contributed by atoms with van der Waals surface area (Å²) in [6.07, 6.45) is -0.558. The van der Waals surface area contributed by atoms with Crippen LogP contribution >= 0.6 is 34.2 Å². The molecule has 6 heteroatoms. The topological polar surface area (TPSA) is 64.3 Å². The van der Waals surface area contributed by atoms with Crippen molar-refractivity contribution in [3.8, 4) is 6.07 Å². The maximum atomic E-state index is 11.9. The third-order valence-corrected chi connectivity index (χ3v) is 4.83. The molecule has 94 valence electrons. The summed E-state index contributed by atoms with van der Waals surface area (Å²) in [6, 6.07) is 5.28. The van der Waals surface area contributed by atoms with Crippen molar-refractivity contribution in [2.75, 3.05) is 4.90 Å². The molecule has 0 aromatic heterocycles. The molecule has 1 aromatic carbocycles.